The van der Waals surface area contributed by atoms with E-state index >= 15 is 0 Å². The van der Waals surface area contributed by atoms with Gasteiger partial charge >= 0.3 is 0 Å². The Morgan fingerprint density at radius 3 is 2.79 bits per heavy atom. The Kier molecular flexibility index (Phi) is 3.93. The van der Waals surface area contributed by atoms with Crippen molar-refractivity contribution in [3.63, 3.8) is 0 Å². The van der Waals surface area contributed by atoms with E-state index in [1.807, 2.05) is 20.8 Å². The van der Waals surface area contributed by atoms with Crippen molar-refractivity contribution in [2.24, 2.45) is 0 Å². The normalized spacial score (nSPS) is 18.7. The van der Waals surface area contributed by atoms with Gasteiger partial charge in [-0.25, -0.2) is 4.39 Å². The molecule has 2 heteroatoms. The molecule has 0 bridgehead atoms. The smallest absolute Gasteiger partial charge is 0.123 e. The molecule has 1 atom stereocenters. The van der Waals surface area contributed by atoms with Gasteiger partial charge in [-0.1, -0.05) is 13.8 Å². The van der Waals surface area contributed by atoms with Gasteiger partial charge in [-0.2, -0.15) is 0 Å². The molecular formula is C12H17FO. The molecule has 1 aliphatic heterocycles. The van der Waals surface area contributed by atoms with Crippen LogP contribution >= 0.6 is 0 Å². The Labute approximate surface area is 84.9 Å². The maximum atomic E-state index is 12.7. The third kappa shape index (κ3) is 2.47. The second-order valence-corrected chi connectivity index (χ2v) is 3.22. The average Bonchev–Trinajstić information content (AvgIpc) is 2.21. The summed E-state index contributed by atoms with van der Waals surface area (Å²) in [5.74, 6) is 0.669. The highest BCUT2D eigenvalue weighted by Gasteiger charge is 2.15. The zero-order chi connectivity index (χ0) is 10.6. The first-order valence-corrected chi connectivity index (χ1v) is 5.21. The van der Waals surface area contributed by atoms with Gasteiger partial charge in [0.2, 0.25) is 0 Å². The average molecular weight is 196 g/mol. The van der Waals surface area contributed by atoms with Crippen LogP contribution in [0.3, 0.4) is 0 Å². The van der Waals surface area contributed by atoms with Crippen molar-refractivity contribution in [3.05, 3.63) is 29.6 Å². The lowest BCUT2D eigenvalue weighted by molar-refractivity contribution is 0.192. The molecule has 0 saturated heterocycles. The summed E-state index contributed by atoms with van der Waals surface area (Å²) in [6, 6.07) is 4.71. The summed E-state index contributed by atoms with van der Waals surface area (Å²) in [7, 11) is 0. The lowest BCUT2D eigenvalue weighted by Crippen LogP contribution is -2.18. The minimum atomic E-state index is -0.174. The van der Waals surface area contributed by atoms with Crippen LogP contribution in [0.1, 0.15) is 32.8 Å². The number of ether oxygens (including phenoxy) is 1. The molecule has 0 radical (unpaired) electrons. The molecule has 14 heavy (non-hydrogen) atoms. The van der Waals surface area contributed by atoms with Gasteiger partial charge in [-0.05, 0) is 43.5 Å². The Morgan fingerprint density at radius 2 is 2.07 bits per heavy atom. The molecule has 0 N–H and O–H groups in total. The van der Waals surface area contributed by atoms with Gasteiger partial charge in [0.15, 0.2) is 0 Å². The highest BCUT2D eigenvalue weighted by molar-refractivity contribution is 5.35. The fraction of sp³-hybridized carbons (Fsp3) is 0.500. The van der Waals surface area contributed by atoms with Crippen molar-refractivity contribution >= 4 is 0 Å². The van der Waals surface area contributed by atoms with Crippen molar-refractivity contribution in [2.75, 3.05) is 0 Å². The summed E-state index contributed by atoms with van der Waals surface area (Å²) < 4.78 is 18.3. The van der Waals surface area contributed by atoms with Gasteiger partial charge in [-0.3, -0.25) is 0 Å². The van der Waals surface area contributed by atoms with E-state index in [2.05, 4.69) is 0 Å². The van der Waals surface area contributed by atoms with Crippen LogP contribution in [0.5, 0.6) is 5.75 Å². The lowest BCUT2D eigenvalue weighted by atomic mass is 10.0. The van der Waals surface area contributed by atoms with Gasteiger partial charge in [-0.15, -0.1) is 0 Å². The Hall–Kier alpha value is -1.05. The van der Waals surface area contributed by atoms with Crippen molar-refractivity contribution in [2.45, 2.75) is 39.7 Å². The topological polar surface area (TPSA) is 9.23 Å². The molecule has 1 nitrogen and oxygen atoms in total. The van der Waals surface area contributed by atoms with E-state index in [4.69, 9.17) is 4.74 Å². The minimum Gasteiger partial charge on any atom is -0.490 e. The zero-order valence-electron chi connectivity index (χ0n) is 9.01. The largest absolute Gasteiger partial charge is 0.490 e. The zero-order valence-corrected chi connectivity index (χ0v) is 9.01. The second kappa shape index (κ2) is 4.99. The molecular weight excluding hydrogens is 179 g/mol. The molecule has 0 aliphatic carbocycles. The molecule has 0 saturated carbocycles. The van der Waals surface area contributed by atoms with Crippen LogP contribution in [-0.4, -0.2) is 6.10 Å². The number of benzene rings is 1. The standard InChI is InChI=1S/C10H11FO.C2H6/c1-7-2-3-8-6-9(11)4-5-10(8)12-7;1-2/h4-7H,2-3H2,1H3;1-2H3. The monoisotopic (exact) mass is 196 g/mol. The molecule has 1 aromatic rings. The number of hydrogen-bond acceptors (Lipinski definition) is 1. The van der Waals surface area contributed by atoms with Crippen LogP contribution in [0, 0.1) is 5.82 Å². The molecule has 78 valence electrons. The summed E-state index contributed by atoms with van der Waals surface area (Å²) in [6.45, 7) is 6.03. The number of hydrogen-bond donors (Lipinski definition) is 0. The predicted molar refractivity (Wildman–Crippen MR) is 56.2 cm³/mol. The van der Waals surface area contributed by atoms with Gasteiger partial charge in [0.1, 0.15) is 11.6 Å². The van der Waals surface area contributed by atoms with Crippen molar-refractivity contribution in [1.82, 2.24) is 0 Å². The third-order valence-electron chi connectivity index (χ3n) is 2.17. The van der Waals surface area contributed by atoms with Crippen LogP contribution in [0.4, 0.5) is 4.39 Å². The molecule has 1 aromatic carbocycles. The fourth-order valence-corrected chi connectivity index (χ4v) is 1.49. The van der Waals surface area contributed by atoms with E-state index < -0.39 is 0 Å². The molecule has 0 aromatic heterocycles. The SMILES string of the molecule is CC.CC1CCc2cc(F)ccc2O1. The molecule has 0 amide bonds. The minimum absolute atomic E-state index is 0.174. The summed E-state index contributed by atoms with van der Waals surface area (Å²) >= 11 is 0. The molecule has 1 aliphatic rings. The number of fused-ring (bicyclic) bond motifs is 1. The highest BCUT2D eigenvalue weighted by Crippen LogP contribution is 2.27. The van der Waals surface area contributed by atoms with Crippen LogP contribution in [-0.2, 0) is 6.42 Å². The van der Waals surface area contributed by atoms with Crippen LogP contribution in [0.2, 0.25) is 0 Å². The van der Waals surface area contributed by atoms with E-state index in [0.717, 1.165) is 24.2 Å². The summed E-state index contributed by atoms with van der Waals surface area (Å²) in [5.41, 5.74) is 0.994. The van der Waals surface area contributed by atoms with Crippen molar-refractivity contribution in [3.8, 4) is 5.75 Å². The number of rotatable bonds is 0. The first kappa shape index (κ1) is 11.0. The van der Waals surface area contributed by atoms with Crippen molar-refractivity contribution < 1.29 is 9.13 Å². The van der Waals surface area contributed by atoms with E-state index in [9.17, 15) is 4.39 Å². The molecule has 0 fully saturated rings. The maximum absolute atomic E-state index is 12.7. The van der Waals surface area contributed by atoms with E-state index in [1.165, 1.54) is 6.07 Å². The Morgan fingerprint density at radius 1 is 1.36 bits per heavy atom. The second-order valence-electron chi connectivity index (χ2n) is 3.22. The Balaban J connectivity index is 0.000000461. The lowest BCUT2D eigenvalue weighted by Gasteiger charge is -2.22. The van der Waals surface area contributed by atoms with Crippen LogP contribution < -0.4 is 4.74 Å². The molecule has 1 unspecified atom stereocenters. The fourth-order valence-electron chi connectivity index (χ4n) is 1.49. The van der Waals surface area contributed by atoms with Crippen molar-refractivity contribution in [1.29, 1.82) is 0 Å². The van der Waals surface area contributed by atoms with E-state index in [0.29, 0.717) is 0 Å². The van der Waals surface area contributed by atoms with Gasteiger partial charge < -0.3 is 4.74 Å². The van der Waals surface area contributed by atoms with Gasteiger partial charge in [0.05, 0.1) is 6.10 Å². The van der Waals surface area contributed by atoms with Gasteiger partial charge in [0.25, 0.3) is 0 Å². The predicted octanol–water partition coefficient (Wildman–Crippen LogP) is 3.57. The van der Waals surface area contributed by atoms with Crippen LogP contribution in [0.15, 0.2) is 18.2 Å². The number of halogens is 1. The molecule has 2 rings (SSSR count). The quantitative estimate of drug-likeness (QED) is 0.616. The molecule has 1 heterocycles. The summed E-state index contributed by atoms with van der Waals surface area (Å²) in [4.78, 5) is 0. The summed E-state index contributed by atoms with van der Waals surface area (Å²) in [6.07, 6.45) is 2.17. The molecule has 0 spiro atoms. The summed E-state index contributed by atoms with van der Waals surface area (Å²) in [5, 5.41) is 0. The van der Waals surface area contributed by atoms with Gasteiger partial charge in [0, 0.05) is 0 Å². The maximum Gasteiger partial charge on any atom is 0.123 e. The van der Waals surface area contributed by atoms with E-state index in [1.54, 1.807) is 12.1 Å². The highest BCUT2D eigenvalue weighted by atomic mass is 19.1. The Bertz CT molecular complexity index is 296. The van der Waals surface area contributed by atoms with Crippen LogP contribution in [0.25, 0.3) is 0 Å². The van der Waals surface area contributed by atoms with E-state index in [-0.39, 0.29) is 11.9 Å². The first-order valence-electron chi connectivity index (χ1n) is 5.21. The first-order chi connectivity index (χ1) is 6.75. The number of aryl methyl sites for hydroxylation is 1. The third-order valence-corrected chi connectivity index (χ3v) is 2.17.